The van der Waals surface area contributed by atoms with Crippen molar-refractivity contribution in [2.75, 3.05) is 11.9 Å². The number of oxazole rings is 1. The van der Waals surface area contributed by atoms with E-state index in [-0.39, 0.29) is 11.3 Å². The quantitative estimate of drug-likeness (QED) is 0.757. The third kappa shape index (κ3) is 3.47. The minimum Gasteiger partial charge on any atom is -0.440 e. The molecule has 0 aliphatic heterocycles. The molecule has 0 unspecified atom stereocenters. The first-order valence-electron chi connectivity index (χ1n) is 7.74. The van der Waals surface area contributed by atoms with Crippen molar-refractivity contribution in [3.05, 3.63) is 40.2 Å². The second-order valence-corrected chi connectivity index (χ2v) is 7.51. The van der Waals surface area contributed by atoms with E-state index in [4.69, 9.17) is 10.2 Å². The summed E-state index contributed by atoms with van der Waals surface area (Å²) in [5.41, 5.74) is 7.83. The molecular weight excluding hydrogens is 324 g/mol. The fourth-order valence-corrected chi connectivity index (χ4v) is 2.97. The molecule has 126 valence electrons. The Hall–Kier alpha value is -2.25. The van der Waals surface area contributed by atoms with Crippen molar-refractivity contribution in [2.24, 2.45) is 5.73 Å². The van der Waals surface area contributed by atoms with Crippen molar-refractivity contribution in [1.82, 2.24) is 9.97 Å². The fraction of sp³-hybridized carbons (Fsp3) is 0.353. The first-order chi connectivity index (χ1) is 11.4. The van der Waals surface area contributed by atoms with Crippen molar-refractivity contribution >= 4 is 34.0 Å². The van der Waals surface area contributed by atoms with Gasteiger partial charge >= 0.3 is 0 Å². The van der Waals surface area contributed by atoms with Crippen molar-refractivity contribution in [2.45, 2.75) is 32.6 Å². The van der Waals surface area contributed by atoms with Gasteiger partial charge in [0.2, 0.25) is 5.89 Å². The SMILES string of the molecule is CC(C)(C)c1nc2cc(NC(=O)c3csc(CCN)n3)ccc2o1. The zero-order valence-corrected chi connectivity index (χ0v) is 14.7. The minimum absolute atomic E-state index is 0.164. The number of fused-ring (bicyclic) bond motifs is 1. The largest absolute Gasteiger partial charge is 0.440 e. The minimum atomic E-state index is -0.242. The molecular formula is C17H20N4O2S. The Bertz CT molecular complexity index is 876. The highest BCUT2D eigenvalue weighted by atomic mass is 32.1. The summed E-state index contributed by atoms with van der Waals surface area (Å²) in [6, 6.07) is 5.41. The van der Waals surface area contributed by atoms with Gasteiger partial charge in [-0.3, -0.25) is 4.79 Å². The molecule has 1 amide bonds. The zero-order chi connectivity index (χ0) is 17.3. The number of carbonyl (C=O) groups is 1. The van der Waals surface area contributed by atoms with E-state index in [1.54, 1.807) is 17.5 Å². The van der Waals surface area contributed by atoms with Crippen LogP contribution < -0.4 is 11.1 Å². The summed E-state index contributed by atoms with van der Waals surface area (Å²) in [4.78, 5) is 21.1. The topological polar surface area (TPSA) is 94.0 Å². The van der Waals surface area contributed by atoms with Gasteiger partial charge < -0.3 is 15.5 Å². The number of benzene rings is 1. The van der Waals surface area contributed by atoms with Gasteiger partial charge in [0.25, 0.3) is 5.91 Å². The van der Waals surface area contributed by atoms with Crippen LogP contribution in [0.4, 0.5) is 5.69 Å². The standard InChI is InChI=1S/C17H20N4O2S/c1-17(2,3)16-21-11-8-10(4-5-13(11)23-16)19-15(22)12-9-24-14(20-12)6-7-18/h4-5,8-9H,6-7,18H2,1-3H3,(H,19,22). The summed E-state index contributed by atoms with van der Waals surface area (Å²) in [5, 5.41) is 5.45. The smallest absolute Gasteiger partial charge is 0.275 e. The van der Waals surface area contributed by atoms with Crippen LogP contribution in [-0.2, 0) is 11.8 Å². The van der Waals surface area contributed by atoms with Crippen LogP contribution in [0.3, 0.4) is 0 Å². The summed E-state index contributed by atoms with van der Waals surface area (Å²) in [5.74, 6) is 0.431. The zero-order valence-electron chi connectivity index (χ0n) is 13.9. The van der Waals surface area contributed by atoms with Gasteiger partial charge in [0.1, 0.15) is 11.2 Å². The molecule has 24 heavy (non-hydrogen) atoms. The third-order valence-corrected chi connectivity index (χ3v) is 4.34. The number of nitrogens with zero attached hydrogens (tertiary/aromatic N) is 2. The van der Waals surface area contributed by atoms with Crippen molar-refractivity contribution in [1.29, 1.82) is 0 Å². The number of nitrogens with two attached hydrogens (primary N) is 1. The van der Waals surface area contributed by atoms with E-state index in [9.17, 15) is 4.79 Å². The second kappa shape index (κ2) is 6.33. The van der Waals surface area contributed by atoms with Crippen LogP contribution in [0.25, 0.3) is 11.1 Å². The molecule has 7 heteroatoms. The molecule has 0 aliphatic carbocycles. The maximum absolute atomic E-state index is 12.3. The Kier molecular flexibility index (Phi) is 4.38. The number of nitrogens with one attached hydrogen (secondary N) is 1. The first-order valence-corrected chi connectivity index (χ1v) is 8.61. The molecule has 0 spiro atoms. The Labute approximate surface area is 144 Å². The molecule has 0 atom stereocenters. The van der Waals surface area contributed by atoms with Crippen LogP contribution in [0.1, 0.15) is 42.2 Å². The molecule has 0 bridgehead atoms. The lowest BCUT2D eigenvalue weighted by Crippen LogP contribution is -2.12. The van der Waals surface area contributed by atoms with Gasteiger partial charge in [0.15, 0.2) is 5.58 Å². The summed E-state index contributed by atoms with van der Waals surface area (Å²) in [6.45, 7) is 6.65. The van der Waals surface area contributed by atoms with Gasteiger partial charge in [0.05, 0.1) is 5.01 Å². The van der Waals surface area contributed by atoms with E-state index in [1.807, 2.05) is 26.8 Å². The highest BCUT2D eigenvalue weighted by Crippen LogP contribution is 2.27. The molecule has 2 aromatic heterocycles. The Morgan fingerprint density at radius 2 is 2.12 bits per heavy atom. The van der Waals surface area contributed by atoms with Crippen LogP contribution in [0.2, 0.25) is 0 Å². The molecule has 0 fully saturated rings. The Balaban J connectivity index is 1.80. The molecule has 1 aromatic carbocycles. The number of amides is 1. The summed E-state index contributed by atoms with van der Waals surface area (Å²) >= 11 is 1.44. The average molecular weight is 344 g/mol. The van der Waals surface area contributed by atoms with E-state index in [2.05, 4.69) is 15.3 Å². The number of aromatic nitrogens is 2. The van der Waals surface area contributed by atoms with Crippen LogP contribution in [-0.4, -0.2) is 22.4 Å². The van der Waals surface area contributed by atoms with Gasteiger partial charge in [-0.2, -0.15) is 0 Å². The molecule has 3 N–H and O–H groups in total. The lowest BCUT2D eigenvalue weighted by atomic mass is 9.97. The fourth-order valence-electron chi connectivity index (χ4n) is 2.17. The van der Waals surface area contributed by atoms with E-state index in [0.29, 0.717) is 35.8 Å². The van der Waals surface area contributed by atoms with E-state index >= 15 is 0 Å². The Morgan fingerprint density at radius 3 is 2.83 bits per heavy atom. The molecule has 0 aliphatic rings. The monoisotopic (exact) mass is 344 g/mol. The molecule has 3 aromatic rings. The summed E-state index contributed by atoms with van der Waals surface area (Å²) in [7, 11) is 0. The normalized spacial score (nSPS) is 11.8. The van der Waals surface area contributed by atoms with Crippen LogP contribution >= 0.6 is 11.3 Å². The van der Waals surface area contributed by atoms with Crippen LogP contribution in [0.15, 0.2) is 28.0 Å². The predicted octanol–water partition coefficient (Wildman–Crippen LogP) is 3.34. The van der Waals surface area contributed by atoms with Gasteiger partial charge in [-0.1, -0.05) is 20.8 Å². The van der Waals surface area contributed by atoms with Gasteiger partial charge in [-0.15, -0.1) is 11.3 Å². The van der Waals surface area contributed by atoms with Crippen LogP contribution in [0, 0.1) is 0 Å². The number of anilines is 1. The summed E-state index contributed by atoms with van der Waals surface area (Å²) in [6.07, 6.45) is 0.679. The molecule has 2 heterocycles. The number of hydrogen-bond acceptors (Lipinski definition) is 6. The predicted molar refractivity (Wildman–Crippen MR) is 95.5 cm³/mol. The van der Waals surface area contributed by atoms with Crippen molar-refractivity contribution < 1.29 is 9.21 Å². The molecule has 0 saturated carbocycles. The highest BCUT2D eigenvalue weighted by Gasteiger charge is 2.21. The van der Waals surface area contributed by atoms with E-state index < -0.39 is 0 Å². The molecule has 0 radical (unpaired) electrons. The van der Waals surface area contributed by atoms with Gasteiger partial charge in [0, 0.05) is 22.9 Å². The third-order valence-electron chi connectivity index (χ3n) is 3.43. The van der Waals surface area contributed by atoms with Gasteiger partial charge in [-0.25, -0.2) is 9.97 Å². The summed E-state index contributed by atoms with van der Waals surface area (Å²) < 4.78 is 5.76. The number of carbonyl (C=O) groups excluding carboxylic acids is 1. The Morgan fingerprint density at radius 1 is 1.33 bits per heavy atom. The molecule has 6 nitrogen and oxygen atoms in total. The highest BCUT2D eigenvalue weighted by molar-refractivity contribution is 7.09. The number of thiazole rings is 1. The van der Waals surface area contributed by atoms with E-state index in [1.165, 1.54) is 11.3 Å². The van der Waals surface area contributed by atoms with Crippen molar-refractivity contribution in [3.63, 3.8) is 0 Å². The maximum Gasteiger partial charge on any atom is 0.275 e. The van der Waals surface area contributed by atoms with Gasteiger partial charge in [-0.05, 0) is 24.7 Å². The number of hydrogen-bond donors (Lipinski definition) is 2. The lowest BCUT2D eigenvalue weighted by Gasteiger charge is -2.11. The average Bonchev–Trinajstić information content (AvgIpc) is 3.13. The van der Waals surface area contributed by atoms with E-state index in [0.717, 1.165) is 10.5 Å². The maximum atomic E-state index is 12.3. The second-order valence-electron chi connectivity index (χ2n) is 6.57. The first kappa shape index (κ1) is 16.6. The molecule has 0 saturated heterocycles. The van der Waals surface area contributed by atoms with Crippen molar-refractivity contribution in [3.8, 4) is 0 Å². The molecule has 3 rings (SSSR count). The number of rotatable bonds is 4. The lowest BCUT2D eigenvalue weighted by molar-refractivity contribution is 0.102. The van der Waals surface area contributed by atoms with Crippen LogP contribution in [0.5, 0.6) is 0 Å².